The Bertz CT molecular complexity index is 966. The van der Waals surface area contributed by atoms with E-state index in [4.69, 9.17) is 18.9 Å². The second-order valence-corrected chi connectivity index (χ2v) is 7.73. The molecule has 1 fully saturated rings. The van der Waals surface area contributed by atoms with E-state index in [2.05, 4.69) is 4.74 Å². The van der Waals surface area contributed by atoms with Crippen molar-refractivity contribution in [1.29, 1.82) is 0 Å². The topological polar surface area (TPSA) is 144 Å². The molecule has 2 aromatic carbocycles. The maximum Gasteiger partial charge on any atom is 0.341 e. The molecule has 1 aliphatic heterocycles. The summed E-state index contributed by atoms with van der Waals surface area (Å²) >= 11 is 0. The number of ether oxygens (including phenoxy) is 5. The van der Waals surface area contributed by atoms with E-state index in [0.717, 1.165) is 5.56 Å². The van der Waals surface area contributed by atoms with E-state index in [9.17, 15) is 25.2 Å². The van der Waals surface area contributed by atoms with Crippen LogP contribution in [0.1, 0.15) is 21.5 Å². The number of carbonyl (C=O) groups is 1. The van der Waals surface area contributed by atoms with Crippen LogP contribution in [-0.2, 0) is 14.2 Å². The van der Waals surface area contributed by atoms with Crippen LogP contribution in [-0.4, -0.2) is 77.9 Å². The van der Waals surface area contributed by atoms with Gasteiger partial charge >= 0.3 is 5.97 Å². The minimum atomic E-state index is -1.42. The van der Waals surface area contributed by atoms with Gasteiger partial charge in [-0.15, -0.1) is 0 Å². The van der Waals surface area contributed by atoms with E-state index in [1.54, 1.807) is 32.0 Å². The Kier molecular flexibility index (Phi) is 7.77. The average molecular weight is 464 g/mol. The molecule has 5 atom stereocenters. The van der Waals surface area contributed by atoms with Crippen LogP contribution < -0.4 is 9.47 Å². The summed E-state index contributed by atoms with van der Waals surface area (Å²) in [6.07, 6.45) is -5.81. The molecule has 5 unspecified atom stereocenters. The number of hydrogen-bond acceptors (Lipinski definition) is 10. The van der Waals surface area contributed by atoms with Crippen molar-refractivity contribution in [1.82, 2.24) is 0 Å². The summed E-state index contributed by atoms with van der Waals surface area (Å²) in [6.45, 7) is 3.00. The Morgan fingerprint density at radius 1 is 1.00 bits per heavy atom. The smallest absolute Gasteiger partial charge is 0.341 e. The lowest BCUT2D eigenvalue weighted by Gasteiger charge is -2.41. The number of aryl methyl sites for hydroxylation is 2. The van der Waals surface area contributed by atoms with Crippen molar-refractivity contribution >= 4 is 5.97 Å². The number of phenolic OH excluding ortho intramolecular Hbond substituents is 1. The molecular weight excluding hydrogens is 436 g/mol. The van der Waals surface area contributed by atoms with E-state index >= 15 is 0 Å². The van der Waals surface area contributed by atoms with Gasteiger partial charge in [-0.2, -0.15) is 0 Å². The third-order valence-corrected chi connectivity index (χ3v) is 5.28. The average Bonchev–Trinajstić information content (AvgIpc) is 2.75. The number of phenols is 1. The summed E-state index contributed by atoms with van der Waals surface area (Å²) in [6, 6.07) is 7.80. The van der Waals surface area contributed by atoms with E-state index in [1.807, 2.05) is 0 Å². The number of aliphatic hydroxyl groups excluding tert-OH is 3. The highest BCUT2D eigenvalue weighted by Crippen LogP contribution is 2.34. The number of carbonyl (C=O) groups excluding carboxylic acids is 1. The zero-order chi connectivity index (χ0) is 24.3. The number of aliphatic hydroxyl groups is 3. The molecule has 1 aliphatic rings. The predicted octanol–water partition coefficient (Wildman–Crippen LogP) is 1.42. The minimum Gasteiger partial charge on any atom is -0.507 e. The Morgan fingerprint density at radius 2 is 1.67 bits per heavy atom. The molecule has 1 saturated heterocycles. The number of hydrogen-bond donors (Lipinski definition) is 4. The van der Waals surface area contributed by atoms with Crippen LogP contribution in [0.4, 0.5) is 0 Å². The van der Waals surface area contributed by atoms with E-state index in [-0.39, 0.29) is 22.8 Å². The fraction of sp³-hybridized carbons (Fsp3) is 0.435. The lowest BCUT2D eigenvalue weighted by molar-refractivity contribution is -0.281. The molecule has 1 heterocycles. The minimum absolute atomic E-state index is 0.0490. The van der Waals surface area contributed by atoms with Gasteiger partial charge in [0.1, 0.15) is 53.0 Å². The molecular formula is C23H28O10. The molecule has 0 aliphatic carbocycles. The first-order valence-corrected chi connectivity index (χ1v) is 10.2. The Balaban J connectivity index is 1.81. The number of esters is 1. The maximum absolute atomic E-state index is 11.8. The van der Waals surface area contributed by atoms with Gasteiger partial charge in [0.25, 0.3) is 0 Å². The van der Waals surface area contributed by atoms with Crippen LogP contribution in [0.25, 0.3) is 0 Å². The number of methoxy groups -OCH3 is 2. The molecule has 0 bridgehead atoms. The van der Waals surface area contributed by atoms with Crippen LogP contribution in [0, 0.1) is 13.8 Å². The van der Waals surface area contributed by atoms with E-state index < -0.39 is 43.3 Å². The fourth-order valence-corrected chi connectivity index (χ4v) is 3.71. The Labute approximate surface area is 190 Å². The van der Waals surface area contributed by atoms with Gasteiger partial charge in [-0.25, -0.2) is 4.79 Å². The maximum atomic E-state index is 11.8. The van der Waals surface area contributed by atoms with Gasteiger partial charge in [-0.3, -0.25) is 0 Å². The van der Waals surface area contributed by atoms with Gasteiger partial charge in [-0.1, -0.05) is 0 Å². The fourth-order valence-electron chi connectivity index (χ4n) is 3.71. The van der Waals surface area contributed by atoms with E-state index in [0.29, 0.717) is 11.3 Å². The summed E-state index contributed by atoms with van der Waals surface area (Å²) in [7, 11) is 2.57. The predicted molar refractivity (Wildman–Crippen MR) is 115 cm³/mol. The highest BCUT2D eigenvalue weighted by molar-refractivity contribution is 5.94. The molecule has 0 amide bonds. The first-order chi connectivity index (χ1) is 15.7. The van der Waals surface area contributed by atoms with Gasteiger partial charge in [0.15, 0.2) is 0 Å². The normalized spacial score (nSPS) is 24.9. The van der Waals surface area contributed by atoms with Gasteiger partial charge in [0.05, 0.1) is 13.7 Å². The molecule has 4 N–H and O–H groups in total. The lowest BCUT2D eigenvalue weighted by Crippen LogP contribution is -2.60. The quantitative estimate of drug-likeness (QED) is 0.444. The molecule has 0 spiro atoms. The van der Waals surface area contributed by atoms with Crippen molar-refractivity contribution in [2.75, 3.05) is 20.8 Å². The molecule has 180 valence electrons. The second-order valence-electron chi connectivity index (χ2n) is 7.73. The molecule has 0 radical (unpaired) electrons. The molecule has 33 heavy (non-hydrogen) atoms. The Hall–Kier alpha value is -2.89. The first-order valence-electron chi connectivity index (χ1n) is 10.2. The van der Waals surface area contributed by atoms with Crippen molar-refractivity contribution in [2.45, 2.75) is 44.6 Å². The van der Waals surface area contributed by atoms with Crippen molar-refractivity contribution < 1.29 is 48.9 Å². The van der Waals surface area contributed by atoms with Crippen LogP contribution in [0.5, 0.6) is 23.0 Å². The SMILES string of the molecule is COC(=O)c1c(C)cc(Oc2cc(C)cc(OC3OC(CO)C(OC)C(O)C3O)c2)cc1O. The van der Waals surface area contributed by atoms with Crippen LogP contribution in [0.3, 0.4) is 0 Å². The molecule has 3 rings (SSSR count). The summed E-state index contributed by atoms with van der Waals surface area (Å²) in [4.78, 5) is 11.8. The van der Waals surface area contributed by atoms with Crippen LogP contribution >= 0.6 is 0 Å². The zero-order valence-electron chi connectivity index (χ0n) is 18.7. The second kappa shape index (κ2) is 10.4. The van der Waals surface area contributed by atoms with Crippen molar-refractivity contribution in [3.63, 3.8) is 0 Å². The number of aromatic hydroxyl groups is 1. The molecule has 0 aromatic heterocycles. The third-order valence-electron chi connectivity index (χ3n) is 5.28. The van der Waals surface area contributed by atoms with Crippen LogP contribution in [0.2, 0.25) is 0 Å². The summed E-state index contributed by atoms with van der Waals surface area (Å²) in [5.41, 5.74) is 1.28. The van der Waals surface area contributed by atoms with Crippen LogP contribution in [0.15, 0.2) is 30.3 Å². The number of benzene rings is 2. The largest absolute Gasteiger partial charge is 0.507 e. The monoisotopic (exact) mass is 464 g/mol. The molecule has 10 heteroatoms. The van der Waals surface area contributed by atoms with E-state index in [1.165, 1.54) is 26.4 Å². The molecule has 2 aromatic rings. The summed E-state index contributed by atoms with van der Waals surface area (Å²) in [5.74, 6) is -0.0268. The number of rotatable bonds is 7. The summed E-state index contributed by atoms with van der Waals surface area (Å²) in [5, 5.41) is 40.4. The third kappa shape index (κ3) is 5.37. The van der Waals surface area contributed by atoms with Crippen molar-refractivity contribution in [3.8, 4) is 23.0 Å². The van der Waals surface area contributed by atoms with Crippen molar-refractivity contribution in [2.24, 2.45) is 0 Å². The molecule has 0 saturated carbocycles. The van der Waals surface area contributed by atoms with Gasteiger partial charge in [0, 0.05) is 19.2 Å². The van der Waals surface area contributed by atoms with Gasteiger partial charge in [-0.05, 0) is 43.2 Å². The molecule has 10 nitrogen and oxygen atoms in total. The Morgan fingerprint density at radius 3 is 2.27 bits per heavy atom. The van der Waals surface area contributed by atoms with Crippen molar-refractivity contribution in [3.05, 3.63) is 47.0 Å². The standard InChI is InChI=1S/C23H28O10/c1-11-5-13(31-15-7-12(2)18(16(25)9-15)22(28)30-4)8-14(6-11)32-23-20(27)19(26)21(29-3)17(10-24)33-23/h5-9,17,19-21,23-27H,10H2,1-4H3. The highest BCUT2D eigenvalue weighted by Gasteiger charge is 2.45. The highest BCUT2D eigenvalue weighted by atomic mass is 16.7. The zero-order valence-corrected chi connectivity index (χ0v) is 18.7. The van der Waals surface area contributed by atoms with Gasteiger partial charge in [0.2, 0.25) is 6.29 Å². The van der Waals surface area contributed by atoms with Gasteiger partial charge < -0.3 is 44.1 Å². The summed E-state index contributed by atoms with van der Waals surface area (Å²) < 4.78 is 26.9. The lowest BCUT2D eigenvalue weighted by atomic mass is 9.99. The first kappa shape index (κ1) is 24.7.